The first-order valence-electron chi connectivity index (χ1n) is 14.0. The van der Waals surface area contributed by atoms with E-state index in [9.17, 15) is 32.7 Å². The van der Waals surface area contributed by atoms with Crippen LogP contribution in [0, 0.1) is 6.92 Å². The maximum atomic E-state index is 13.9. The molecule has 45 heavy (non-hydrogen) atoms. The number of amides is 2. The van der Waals surface area contributed by atoms with Crippen molar-refractivity contribution in [3.8, 4) is 11.5 Å². The third-order valence-corrected chi connectivity index (χ3v) is 8.06. The van der Waals surface area contributed by atoms with E-state index >= 15 is 0 Å². The molecule has 2 N–H and O–H groups in total. The van der Waals surface area contributed by atoms with Crippen LogP contribution in [0.3, 0.4) is 0 Å². The highest BCUT2D eigenvalue weighted by atomic mass is 35.5. The van der Waals surface area contributed by atoms with Crippen molar-refractivity contribution in [3.05, 3.63) is 86.2 Å². The standard InChI is InChI=1S/C32H30ClF3N4O5/c1-17-26(19-11-13-39(14-12-19)18(2)41)27(43)28-29(38-30(45-28)20-5-7-21(8-6-20)31(3,4)44)40(17)16-25(42)37-24-10-9-22(15-23(24)33)32(34,35)36/h5-11,15,44H,12-14,16H2,1-4H3,(H,37,42). The van der Waals surface area contributed by atoms with E-state index in [1.807, 2.05) is 0 Å². The number of alkyl halides is 3. The quantitative estimate of drug-likeness (QED) is 0.261. The van der Waals surface area contributed by atoms with Crippen LogP contribution in [-0.4, -0.2) is 44.5 Å². The number of rotatable bonds is 6. The summed E-state index contributed by atoms with van der Waals surface area (Å²) in [6, 6.07) is 9.42. The van der Waals surface area contributed by atoms with Crippen LogP contribution in [0.15, 0.2) is 57.8 Å². The average molecular weight is 643 g/mol. The number of hydrogen-bond acceptors (Lipinski definition) is 6. The van der Waals surface area contributed by atoms with Gasteiger partial charge in [0.1, 0.15) is 6.54 Å². The molecule has 0 saturated carbocycles. The Morgan fingerprint density at radius 1 is 1.11 bits per heavy atom. The summed E-state index contributed by atoms with van der Waals surface area (Å²) >= 11 is 6.06. The minimum Gasteiger partial charge on any atom is -0.430 e. The summed E-state index contributed by atoms with van der Waals surface area (Å²) in [6.07, 6.45) is -2.41. The number of anilines is 1. The fourth-order valence-corrected chi connectivity index (χ4v) is 5.47. The molecule has 13 heteroatoms. The summed E-state index contributed by atoms with van der Waals surface area (Å²) in [5, 5.41) is 12.6. The number of nitrogens with one attached hydrogen (secondary N) is 1. The number of aromatic nitrogens is 2. The maximum Gasteiger partial charge on any atom is 0.416 e. The zero-order valence-corrected chi connectivity index (χ0v) is 25.6. The van der Waals surface area contributed by atoms with E-state index in [1.54, 1.807) is 56.0 Å². The largest absolute Gasteiger partial charge is 0.430 e. The van der Waals surface area contributed by atoms with Crippen molar-refractivity contribution in [2.45, 2.75) is 52.4 Å². The number of benzene rings is 2. The zero-order valence-electron chi connectivity index (χ0n) is 24.9. The van der Waals surface area contributed by atoms with Crippen LogP contribution in [0.1, 0.15) is 49.6 Å². The molecule has 2 amide bonds. The Hall–Kier alpha value is -4.42. The molecule has 0 saturated heterocycles. The molecule has 0 bridgehead atoms. The monoisotopic (exact) mass is 642 g/mol. The van der Waals surface area contributed by atoms with Crippen molar-refractivity contribution in [3.63, 3.8) is 0 Å². The van der Waals surface area contributed by atoms with Gasteiger partial charge in [-0.25, -0.2) is 0 Å². The zero-order chi connectivity index (χ0) is 32.8. The predicted molar refractivity (Wildman–Crippen MR) is 164 cm³/mol. The maximum absolute atomic E-state index is 13.9. The first-order valence-corrected chi connectivity index (χ1v) is 14.4. The van der Waals surface area contributed by atoms with Crippen LogP contribution in [-0.2, 0) is 27.9 Å². The highest BCUT2D eigenvalue weighted by Gasteiger charge is 2.31. The lowest BCUT2D eigenvalue weighted by molar-refractivity contribution is -0.137. The fraction of sp³-hybridized carbons (Fsp3) is 0.312. The number of hydrogen-bond donors (Lipinski definition) is 2. The first kappa shape index (κ1) is 32.0. The highest BCUT2D eigenvalue weighted by molar-refractivity contribution is 6.33. The topological polar surface area (TPSA) is 118 Å². The predicted octanol–water partition coefficient (Wildman–Crippen LogP) is 6.14. The molecular formula is C32H30ClF3N4O5. The summed E-state index contributed by atoms with van der Waals surface area (Å²) in [5.74, 6) is -0.611. The molecule has 2 aromatic carbocycles. The Labute approximate surface area is 260 Å². The van der Waals surface area contributed by atoms with Crippen LogP contribution in [0.25, 0.3) is 28.3 Å². The molecule has 0 aliphatic carbocycles. The summed E-state index contributed by atoms with van der Waals surface area (Å²) in [4.78, 5) is 45.2. The van der Waals surface area contributed by atoms with Crippen molar-refractivity contribution in [2.75, 3.05) is 18.4 Å². The van der Waals surface area contributed by atoms with Crippen LogP contribution >= 0.6 is 11.6 Å². The minimum atomic E-state index is -4.60. The van der Waals surface area contributed by atoms with Gasteiger partial charge in [0.25, 0.3) is 0 Å². The van der Waals surface area contributed by atoms with E-state index in [2.05, 4.69) is 10.3 Å². The lowest BCUT2D eigenvalue weighted by Crippen LogP contribution is -2.33. The third-order valence-electron chi connectivity index (χ3n) is 7.75. The lowest BCUT2D eigenvalue weighted by atomic mass is 9.97. The van der Waals surface area contributed by atoms with Gasteiger partial charge in [0.2, 0.25) is 28.7 Å². The first-order chi connectivity index (χ1) is 21.0. The van der Waals surface area contributed by atoms with Gasteiger partial charge in [0, 0.05) is 36.8 Å². The summed E-state index contributed by atoms with van der Waals surface area (Å²) in [7, 11) is 0. The summed E-state index contributed by atoms with van der Waals surface area (Å²) in [5.41, 5.74) is 0.120. The molecule has 1 aliphatic heterocycles. The van der Waals surface area contributed by atoms with E-state index in [4.69, 9.17) is 16.0 Å². The van der Waals surface area contributed by atoms with Gasteiger partial charge >= 0.3 is 6.18 Å². The minimum absolute atomic E-state index is 0.0168. The van der Waals surface area contributed by atoms with Crippen LogP contribution in [0.5, 0.6) is 0 Å². The van der Waals surface area contributed by atoms with E-state index in [0.717, 1.165) is 18.2 Å². The van der Waals surface area contributed by atoms with Crippen LogP contribution in [0.4, 0.5) is 18.9 Å². The Bertz CT molecular complexity index is 1900. The van der Waals surface area contributed by atoms with Crippen molar-refractivity contribution < 1.29 is 32.3 Å². The molecule has 5 rings (SSSR count). The Morgan fingerprint density at radius 3 is 2.33 bits per heavy atom. The molecule has 236 valence electrons. The molecule has 0 fully saturated rings. The number of nitrogens with zero attached hydrogens (tertiary/aromatic N) is 3. The Morgan fingerprint density at radius 2 is 1.78 bits per heavy atom. The second-order valence-electron chi connectivity index (χ2n) is 11.4. The van der Waals surface area contributed by atoms with Crippen molar-refractivity contribution >= 4 is 45.9 Å². The van der Waals surface area contributed by atoms with Gasteiger partial charge in [-0.05, 0) is 68.7 Å². The molecule has 0 radical (unpaired) electrons. The Balaban J connectivity index is 1.58. The van der Waals surface area contributed by atoms with E-state index in [0.29, 0.717) is 47.5 Å². The molecule has 3 heterocycles. The average Bonchev–Trinajstić information content (AvgIpc) is 3.42. The SMILES string of the molecule is CC(=O)N1CC=C(c2c(C)n(CC(=O)Nc3ccc(C(F)(F)F)cc3Cl)c3nc(-c4ccc(C(C)(C)O)cc4)oc3c2=O)CC1. The molecule has 1 aliphatic rings. The van der Waals surface area contributed by atoms with E-state index < -0.39 is 28.7 Å². The third kappa shape index (κ3) is 6.52. The molecule has 4 aromatic rings. The normalized spacial score (nSPS) is 14.1. The van der Waals surface area contributed by atoms with E-state index in [1.165, 1.54) is 11.5 Å². The van der Waals surface area contributed by atoms with Crippen molar-refractivity contribution in [2.24, 2.45) is 0 Å². The molecule has 0 atom stereocenters. The summed E-state index contributed by atoms with van der Waals surface area (Å²) < 4.78 is 46.8. The van der Waals surface area contributed by atoms with Gasteiger partial charge in [0.05, 0.1) is 21.9 Å². The number of carbonyl (C=O) groups excluding carboxylic acids is 2. The molecule has 0 spiro atoms. The van der Waals surface area contributed by atoms with Gasteiger partial charge in [-0.1, -0.05) is 29.8 Å². The van der Waals surface area contributed by atoms with Gasteiger partial charge in [-0.3, -0.25) is 14.4 Å². The lowest BCUT2D eigenvalue weighted by Gasteiger charge is -2.26. The van der Waals surface area contributed by atoms with Crippen molar-refractivity contribution in [1.29, 1.82) is 0 Å². The molecule has 0 unspecified atom stereocenters. The van der Waals surface area contributed by atoms with Gasteiger partial charge < -0.3 is 24.3 Å². The van der Waals surface area contributed by atoms with Gasteiger partial charge in [-0.2, -0.15) is 18.2 Å². The molecule has 2 aromatic heterocycles. The smallest absolute Gasteiger partial charge is 0.416 e. The number of aliphatic hydroxyl groups is 1. The van der Waals surface area contributed by atoms with E-state index in [-0.39, 0.29) is 40.3 Å². The van der Waals surface area contributed by atoms with Gasteiger partial charge in [-0.15, -0.1) is 0 Å². The van der Waals surface area contributed by atoms with Gasteiger partial charge in [0.15, 0.2) is 5.65 Å². The number of oxazole rings is 1. The second-order valence-corrected chi connectivity index (χ2v) is 11.8. The second kappa shape index (κ2) is 11.8. The van der Waals surface area contributed by atoms with Crippen molar-refractivity contribution in [1.82, 2.24) is 14.5 Å². The highest BCUT2D eigenvalue weighted by Crippen LogP contribution is 2.34. The summed E-state index contributed by atoms with van der Waals surface area (Å²) in [6.45, 7) is 6.77. The number of carbonyl (C=O) groups is 2. The number of halogens is 4. The van der Waals surface area contributed by atoms with Crippen LogP contribution < -0.4 is 10.7 Å². The number of fused-ring (bicyclic) bond motifs is 1. The Kier molecular flexibility index (Phi) is 8.41. The molecule has 9 nitrogen and oxygen atoms in total. The van der Waals surface area contributed by atoms with Crippen LogP contribution in [0.2, 0.25) is 5.02 Å². The fourth-order valence-electron chi connectivity index (χ4n) is 5.24. The molecular weight excluding hydrogens is 613 g/mol. The number of pyridine rings is 1.